The van der Waals surface area contributed by atoms with Gasteiger partial charge in [0.15, 0.2) is 5.58 Å². The summed E-state index contributed by atoms with van der Waals surface area (Å²) in [4.78, 5) is 17.3. The van der Waals surface area contributed by atoms with Crippen LogP contribution in [0.3, 0.4) is 0 Å². The lowest BCUT2D eigenvalue weighted by atomic mass is 10.2. The summed E-state index contributed by atoms with van der Waals surface area (Å²) >= 11 is 0. The molecule has 2 aromatic rings. The molecule has 5 nitrogen and oxygen atoms in total. The predicted octanol–water partition coefficient (Wildman–Crippen LogP) is 0.805. The van der Waals surface area contributed by atoms with Crippen LogP contribution in [0.2, 0.25) is 0 Å². The fraction of sp³-hybridized carbons (Fsp3) is 0.333. The van der Waals surface area contributed by atoms with E-state index in [2.05, 4.69) is 10.3 Å². The molecule has 1 N–H and O–H groups in total. The van der Waals surface area contributed by atoms with Crippen LogP contribution in [0, 0.1) is 0 Å². The Kier molecular flexibility index (Phi) is 2.53. The number of anilines is 1. The summed E-state index contributed by atoms with van der Waals surface area (Å²) in [6.45, 7) is 2.21. The first kappa shape index (κ1) is 10.3. The molecule has 5 heteroatoms. The Labute approximate surface area is 98.4 Å². The van der Waals surface area contributed by atoms with Crippen molar-refractivity contribution in [3.05, 3.63) is 24.3 Å². The minimum atomic E-state index is -0.197. The van der Waals surface area contributed by atoms with Gasteiger partial charge in [0.25, 0.3) is 6.01 Å². The van der Waals surface area contributed by atoms with Crippen LogP contribution in [0.4, 0.5) is 6.01 Å². The minimum absolute atomic E-state index is 0.197. The predicted molar refractivity (Wildman–Crippen MR) is 64.1 cm³/mol. The SMILES string of the molecule is O=CC1CNCCN1c1nc2ccccc2o1. The third-order valence-electron chi connectivity index (χ3n) is 2.97. The average Bonchev–Trinajstić information content (AvgIpc) is 2.82. The van der Waals surface area contributed by atoms with E-state index in [1.807, 2.05) is 29.2 Å². The molecule has 1 unspecified atom stereocenters. The Morgan fingerprint density at radius 2 is 2.35 bits per heavy atom. The van der Waals surface area contributed by atoms with Gasteiger partial charge in [-0.25, -0.2) is 0 Å². The van der Waals surface area contributed by atoms with Gasteiger partial charge in [0, 0.05) is 19.6 Å². The van der Waals surface area contributed by atoms with Crippen molar-refractivity contribution < 1.29 is 9.21 Å². The Balaban J connectivity index is 1.98. The molecule has 3 rings (SSSR count). The molecule has 0 bridgehead atoms. The smallest absolute Gasteiger partial charge is 0.299 e. The van der Waals surface area contributed by atoms with Crippen LogP contribution in [0.1, 0.15) is 0 Å². The molecular weight excluding hydrogens is 218 g/mol. The summed E-state index contributed by atoms with van der Waals surface area (Å²) < 4.78 is 5.67. The molecule has 1 aliphatic heterocycles. The summed E-state index contributed by atoms with van der Waals surface area (Å²) in [7, 11) is 0. The van der Waals surface area contributed by atoms with Gasteiger partial charge in [-0.15, -0.1) is 0 Å². The van der Waals surface area contributed by atoms with E-state index in [1.165, 1.54) is 0 Å². The molecule has 1 fully saturated rings. The number of carbonyl (C=O) groups is 1. The van der Waals surface area contributed by atoms with Gasteiger partial charge < -0.3 is 19.4 Å². The van der Waals surface area contributed by atoms with Gasteiger partial charge in [0.2, 0.25) is 0 Å². The van der Waals surface area contributed by atoms with Crippen molar-refractivity contribution in [1.29, 1.82) is 0 Å². The van der Waals surface area contributed by atoms with Gasteiger partial charge in [0.1, 0.15) is 17.8 Å². The highest BCUT2D eigenvalue weighted by Crippen LogP contribution is 2.23. The van der Waals surface area contributed by atoms with Crippen LogP contribution in [0.15, 0.2) is 28.7 Å². The molecule has 88 valence electrons. The van der Waals surface area contributed by atoms with E-state index in [4.69, 9.17) is 4.42 Å². The third kappa shape index (κ3) is 1.78. The van der Waals surface area contributed by atoms with Crippen molar-refractivity contribution in [2.75, 3.05) is 24.5 Å². The first-order valence-corrected chi connectivity index (χ1v) is 5.67. The zero-order valence-corrected chi connectivity index (χ0v) is 9.30. The second-order valence-electron chi connectivity index (χ2n) is 4.07. The number of hydrogen-bond donors (Lipinski definition) is 1. The molecule has 0 saturated carbocycles. The molecule has 0 aliphatic carbocycles. The van der Waals surface area contributed by atoms with Gasteiger partial charge in [-0.1, -0.05) is 12.1 Å². The number of aromatic nitrogens is 1. The number of carbonyl (C=O) groups excluding carboxylic acids is 1. The zero-order chi connectivity index (χ0) is 11.7. The summed E-state index contributed by atoms with van der Waals surface area (Å²) in [5.41, 5.74) is 1.58. The van der Waals surface area contributed by atoms with Crippen LogP contribution >= 0.6 is 0 Å². The normalized spacial score (nSPS) is 20.7. The number of para-hydroxylation sites is 2. The van der Waals surface area contributed by atoms with Crippen LogP contribution in [-0.2, 0) is 4.79 Å². The lowest BCUT2D eigenvalue weighted by Gasteiger charge is -2.31. The van der Waals surface area contributed by atoms with Gasteiger partial charge in [-0.2, -0.15) is 4.98 Å². The monoisotopic (exact) mass is 231 g/mol. The van der Waals surface area contributed by atoms with E-state index in [1.54, 1.807) is 0 Å². The third-order valence-corrected chi connectivity index (χ3v) is 2.97. The van der Waals surface area contributed by atoms with Crippen molar-refractivity contribution in [3.8, 4) is 0 Å². The summed E-state index contributed by atoms with van der Waals surface area (Å²) in [6.07, 6.45) is 0.932. The van der Waals surface area contributed by atoms with Gasteiger partial charge in [-0.3, -0.25) is 0 Å². The molecule has 1 atom stereocenters. The van der Waals surface area contributed by atoms with Gasteiger partial charge in [-0.05, 0) is 12.1 Å². The molecule has 17 heavy (non-hydrogen) atoms. The molecular formula is C12H13N3O2. The van der Waals surface area contributed by atoms with Crippen molar-refractivity contribution in [1.82, 2.24) is 10.3 Å². The number of aldehydes is 1. The first-order valence-electron chi connectivity index (χ1n) is 5.67. The summed E-state index contributed by atoms with van der Waals surface area (Å²) in [5.74, 6) is 0. The van der Waals surface area contributed by atoms with Crippen LogP contribution < -0.4 is 10.2 Å². The number of benzene rings is 1. The molecule has 1 aromatic carbocycles. The largest absolute Gasteiger partial charge is 0.423 e. The quantitative estimate of drug-likeness (QED) is 0.775. The van der Waals surface area contributed by atoms with E-state index in [0.29, 0.717) is 12.6 Å². The molecule has 1 aliphatic rings. The molecule has 0 spiro atoms. The maximum Gasteiger partial charge on any atom is 0.299 e. The maximum atomic E-state index is 11.0. The van der Waals surface area contributed by atoms with E-state index < -0.39 is 0 Å². The average molecular weight is 231 g/mol. The van der Waals surface area contributed by atoms with E-state index >= 15 is 0 Å². The number of nitrogens with zero attached hydrogens (tertiary/aromatic N) is 2. The molecule has 0 radical (unpaired) electrons. The number of piperazine rings is 1. The zero-order valence-electron chi connectivity index (χ0n) is 9.30. The fourth-order valence-corrected chi connectivity index (χ4v) is 2.07. The first-order chi connectivity index (χ1) is 8.38. The standard InChI is InChI=1S/C12H13N3O2/c16-8-9-7-13-5-6-15(9)12-14-10-3-1-2-4-11(10)17-12/h1-4,8-9,13H,5-7H2. The van der Waals surface area contributed by atoms with Gasteiger partial charge >= 0.3 is 0 Å². The van der Waals surface area contributed by atoms with Gasteiger partial charge in [0.05, 0.1) is 0 Å². The number of oxazole rings is 1. The molecule has 2 heterocycles. The lowest BCUT2D eigenvalue weighted by molar-refractivity contribution is -0.109. The van der Waals surface area contributed by atoms with Crippen molar-refractivity contribution >= 4 is 23.4 Å². The van der Waals surface area contributed by atoms with Crippen molar-refractivity contribution in [2.45, 2.75) is 6.04 Å². The highest BCUT2D eigenvalue weighted by Gasteiger charge is 2.25. The molecule has 1 saturated heterocycles. The number of hydrogen-bond acceptors (Lipinski definition) is 5. The summed E-state index contributed by atoms with van der Waals surface area (Å²) in [5, 5.41) is 3.18. The number of rotatable bonds is 2. The van der Waals surface area contributed by atoms with E-state index in [9.17, 15) is 4.79 Å². The number of fused-ring (bicyclic) bond motifs is 1. The second-order valence-corrected chi connectivity index (χ2v) is 4.07. The second kappa shape index (κ2) is 4.18. The van der Waals surface area contributed by atoms with Crippen LogP contribution in [-0.4, -0.2) is 36.9 Å². The van der Waals surface area contributed by atoms with E-state index in [0.717, 1.165) is 30.5 Å². The Morgan fingerprint density at radius 1 is 1.47 bits per heavy atom. The number of nitrogens with one attached hydrogen (secondary N) is 1. The Bertz CT molecular complexity index is 504. The Hall–Kier alpha value is -1.88. The topological polar surface area (TPSA) is 58.4 Å². The minimum Gasteiger partial charge on any atom is -0.423 e. The van der Waals surface area contributed by atoms with E-state index in [-0.39, 0.29) is 6.04 Å². The van der Waals surface area contributed by atoms with Crippen LogP contribution in [0.25, 0.3) is 11.1 Å². The lowest BCUT2D eigenvalue weighted by Crippen LogP contribution is -2.52. The molecule has 0 amide bonds. The fourth-order valence-electron chi connectivity index (χ4n) is 2.07. The van der Waals surface area contributed by atoms with Crippen molar-refractivity contribution in [2.24, 2.45) is 0 Å². The Morgan fingerprint density at radius 3 is 3.18 bits per heavy atom. The summed E-state index contributed by atoms with van der Waals surface area (Å²) in [6, 6.07) is 7.95. The molecule has 1 aromatic heterocycles. The van der Waals surface area contributed by atoms with Crippen LogP contribution in [0.5, 0.6) is 0 Å². The maximum absolute atomic E-state index is 11.0. The van der Waals surface area contributed by atoms with Crippen molar-refractivity contribution in [3.63, 3.8) is 0 Å². The highest BCUT2D eigenvalue weighted by molar-refractivity contribution is 5.75. The highest BCUT2D eigenvalue weighted by atomic mass is 16.4.